The van der Waals surface area contributed by atoms with E-state index in [-0.39, 0.29) is 11.9 Å². The molecule has 2 heterocycles. The van der Waals surface area contributed by atoms with E-state index in [9.17, 15) is 4.79 Å². The zero-order valence-corrected chi connectivity index (χ0v) is 14.2. The number of amides is 1. The van der Waals surface area contributed by atoms with Crippen LogP contribution >= 0.6 is 11.3 Å². The Kier molecular flexibility index (Phi) is 3.72. The van der Waals surface area contributed by atoms with Crippen molar-refractivity contribution in [1.82, 2.24) is 20.5 Å². The van der Waals surface area contributed by atoms with E-state index in [1.54, 1.807) is 0 Å². The molecule has 6 nitrogen and oxygen atoms in total. The first-order chi connectivity index (χ1) is 11.6. The minimum absolute atomic E-state index is 0.107. The van der Waals surface area contributed by atoms with Crippen molar-refractivity contribution in [1.29, 1.82) is 0 Å². The average Bonchev–Trinajstić information content (AvgIpc) is 3.17. The van der Waals surface area contributed by atoms with Gasteiger partial charge in [-0.15, -0.1) is 10.2 Å². The van der Waals surface area contributed by atoms with Crippen molar-refractivity contribution < 1.29 is 4.79 Å². The summed E-state index contributed by atoms with van der Waals surface area (Å²) in [5, 5.41) is 13.0. The summed E-state index contributed by atoms with van der Waals surface area (Å²) >= 11 is 1.29. The van der Waals surface area contributed by atoms with Crippen molar-refractivity contribution in [3.8, 4) is 0 Å². The lowest BCUT2D eigenvalue weighted by atomic mass is 9.95. The number of anilines is 1. The third-order valence-electron chi connectivity index (χ3n) is 4.53. The number of aromatic amines is 1. The summed E-state index contributed by atoms with van der Waals surface area (Å²) in [6, 6.07) is 5.63. The SMILES string of the molecule is C[C@H](NC(=O)c1ccc2[nH]c3c(c2c1)CCCC3)c1nnc(N)s1. The molecule has 1 atom stereocenters. The molecule has 2 aromatic heterocycles. The first kappa shape index (κ1) is 15.1. The number of hydrogen-bond donors (Lipinski definition) is 3. The van der Waals surface area contributed by atoms with Crippen molar-refractivity contribution in [3.05, 3.63) is 40.0 Å². The third-order valence-corrected chi connectivity index (χ3v) is 5.47. The second-order valence-electron chi connectivity index (χ2n) is 6.22. The number of nitrogens with zero attached hydrogens (tertiary/aromatic N) is 2. The fraction of sp³-hybridized carbons (Fsp3) is 0.353. The molecule has 24 heavy (non-hydrogen) atoms. The molecule has 0 fully saturated rings. The first-order valence-corrected chi connectivity index (χ1v) is 8.96. The number of carbonyl (C=O) groups excluding carboxylic acids is 1. The van der Waals surface area contributed by atoms with Gasteiger partial charge in [0, 0.05) is 22.2 Å². The molecule has 0 unspecified atom stereocenters. The Morgan fingerprint density at radius 1 is 1.33 bits per heavy atom. The van der Waals surface area contributed by atoms with Crippen LogP contribution in [0.25, 0.3) is 10.9 Å². The summed E-state index contributed by atoms with van der Waals surface area (Å²) < 4.78 is 0. The van der Waals surface area contributed by atoms with Gasteiger partial charge in [0.15, 0.2) is 0 Å². The highest BCUT2D eigenvalue weighted by Gasteiger charge is 2.18. The number of rotatable bonds is 3. The third kappa shape index (κ3) is 2.65. The molecule has 0 spiro atoms. The van der Waals surface area contributed by atoms with Gasteiger partial charge >= 0.3 is 0 Å². The first-order valence-electron chi connectivity index (χ1n) is 8.15. The lowest BCUT2D eigenvalue weighted by molar-refractivity contribution is 0.0940. The van der Waals surface area contributed by atoms with E-state index in [2.05, 4.69) is 20.5 Å². The number of nitrogens with one attached hydrogen (secondary N) is 2. The smallest absolute Gasteiger partial charge is 0.251 e. The molecule has 0 aliphatic heterocycles. The zero-order chi connectivity index (χ0) is 16.7. The van der Waals surface area contributed by atoms with E-state index in [0.717, 1.165) is 18.4 Å². The van der Waals surface area contributed by atoms with Crippen LogP contribution in [-0.2, 0) is 12.8 Å². The number of benzene rings is 1. The fourth-order valence-corrected chi connectivity index (χ4v) is 3.92. The molecular formula is C17H19N5OS. The maximum absolute atomic E-state index is 12.6. The predicted octanol–water partition coefficient (Wildman–Crippen LogP) is 2.97. The van der Waals surface area contributed by atoms with E-state index >= 15 is 0 Å². The molecule has 0 bridgehead atoms. The summed E-state index contributed by atoms with van der Waals surface area (Å²) in [4.78, 5) is 16.1. The maximum Gasteiger partial charge on any atom is 0.251 e. The second kappa shape index (κ2) is 5.90. The molecule has 3 aromatic rings. The molecule has 1 aliphatic carbocycles. The van der Waals surface area contributed by atoms with Crippen LogP contribution in [0.2, 0.25) is 0 Å². The number of carbonyl (C=O) groups is 1. The van der Waals surface area contributed by atoms with Gasteiger partial charge in [0.25, 0.3) is 5.91 Å². The standard InChI is InChI=1S/C17H19N5OS/c1-9(16-21-22-17(18)24-16)19-15(23)10-6-7-14-12(8-10)11-4-2-3-5-13(11)20-14/h6-9,20H,2-5H2,1H3,(H2,18,22)(H,19,23)/t9-/m0/s1. The van der Waals surface area contributed by atoms with Crippen LogP contribution in [0.4, 0.5) is 5.13 Å². The van der Waals surface area contributed by atoms with Crippen LogP contribution in [0.15, 0.2) is 18.2 Å². The maximum atomic E-state index is 12.6. The number of H-pyrrole nitrogens is 1. The van der Waals surface area contributed by atoms with Crippen molar-refractivity contribution in [2.75, 3.05) is 5.73 Å². The zero-order valence-electron chi connectivity index (χ0n) is 13.4. The van der Waals surface area contributed by atoms with Crippen molar-refractivity contribution in [3.63, 3.8) is 0 Å². The Bertz CT molecular complexity index is 913. The molecule has 124 valence electrons. The molecule has 4 N–H and O–H groups in total. The molecule has 0 radical (unpaired) electrons. The lowest BCUT2D eigenvalue weighted by Crippen LogP contribution is -2.26. The Hall–Kier alpha value is -2.41. The predicted molar refractivity (Wildman–Crippen MR) is 95.1 cm³/mol. The highest BCUT2D eigenvalue weighted by atomic mass is 32.1. The van der Waals surface area contributed by atoms with Gasteiger partial charge in [0.2, 0.25) is 5.13 Å². The molecule has 1 amide bonds. The van der Waals surface area contributed by atoms with E-state index in [4.69, 9.17) is 5.73 Å². The summed E-state index contributed by atoms with van der Waals surface area (Å²) in [7, 11) is 0. The molecular weight excluding hydrogens is 322 g/mol. The van der Waals surface area contributed by atoms with Crippen LogP contribution in [0.1, 0.15) is 52.4 Å². The Morgan fingerprint density at radius 2 is 2.17 bits per heavy atom. The van der Waals surface area contributed by atoms with Gasteiger partial charge in [-0.25, -0.2) is 0 Å². The average molecular weight is 341 g/mol. The lowest BCUT2D eigenvalue weighted by Gasteiger charge is -2.12. The van der Waals surface area contributed by atoms with Gasteiger partial charge in [-0.1, -0.05) is 11.3 Å². The summed E-state index contributed by atoms with van der Waals surface area (Å²) in [6.07, 6.45) is 4.63. The fourth-order valence-electron chi connectivity index (χ4n) is 3.31. The number of aromatic nitrogens is 3. The number of hydrogen-bond acceptors (Lipinski definition) is 5. The van der Waals surface area contributed by atoms with E-state index in [1.807, 2.05) is 25.1 Å². The van der Waals surface area contributed by atoms with Gasteiger partial charge in [-0.3, -0.25) is 4.79 Å². The summed E-state index contributed by atoms with van der Waals surface area (Å²) in [5.74, 6) is -0.107. The Labute approximate surface area is 143 Å². The second-order valence-corrected chi connectivity index (χ2v) is 7.26. The summed E-state index contributed by atoms with van der Waals surface area (Å²) in [5.41, 5.74) is 10.1. The van der Waals surface area contributed by atoms with Gasteiger partial charge < -0.3 is 16.0 Å². The van der Waals surface area contributed by atoms with Gasteiger partial charge in [0.05, 0.1) is 6.04 Å². The van der Waals surface area contributed by atoms with Gasteiger partial charge in [-0.2, -0.15) is 0 Å². The monoisotopic (exact) mass is 341 g/mol. The van der Waals surface area contributed by atoms with E-state index < -0.39 is 0 Å². The van der Waals surface area contributed by atoms with Crippen LogP contribution in [0.5, 0.6) is 0 Å². The van der Waals surface area contributed by atoms with Crippen molar-refractivity contribution in [2.24, 2.45) is 0 Å². The highest BCUT2D eigenvalue weighted by Crippen LogP contribution is 2.30. The van der Waals surface area contributed by atoms with Gasteiger partial charge in [0.1, 0.15) is 5.01 Å². The van der Waals surface area contributed by atoms with Crippen LogP contribution in [-0.4, -0.2) is 21.1 Å². The molecule has 0 saturated heterocycles. The molecule has 0 saturated carbocycles. The number of nitrogens with two attached hydrogens (primary N) is 1. The number of nitrogen functional groups attached to an aromatic ring is 1. The number of aryl methyl sites for hydroxylation is 2. The Balaban J connectivity index is 1.60. The molecule has 1 aliphatic rings. The molecule has 4 rings (SSSR count). The van der Waals surface area contributed by atoms with Crippen LogP contribution in [0, 0.1) is 0 Å². The summed E-state index contributed by atoms with van der Waals surface area (Å²) in [6.45, 7) is 1.88. The highest BCUT2D eigenvalue weighted by molar-refractivity contribution is 7.15. The van der Waals surface area contributed by atoms with Crippen LogP contribution < -0.4 is 11.1 Å². The topological polar surface area (TPSA) is 96.7 Å². The van der Waals surface area contributed by atoms with E-state index in [0.29, 0.717) is 15.7 Å². The molecule has 7 heteroatoms. The van der Waals surface area contributed by atoms with Gasteiger partial charge in [-0.05, 0) is 56.4 Å². The quantitative estimate of drug-likeness (QED) is 0.682. The van der Waals surface area contributed by atoms with Crippen molar-refractivity contribution >= 4 is 33.3 Å². The van der Waals surface area contributed by atoms with E-state index in [1.165, 1.54) is 40.8 Å². The minimum Gasteiger partial charge on any atom is -0.374 e. The van der Waals surface area contributed by atoms with Crippen molar-refractivity contribution in [2.45, 2.75) is 38.6 Å². The normalized spacial score (nSPS) is 15.2. The minimum atomic E-state index is -0.219. The number of fused-ring (bicyclic) bond motifs is 3. The van der Waals surface area contributed by atoms with Crippen LogP contribution in [0.3, 0.4) is 0 Å². The largest absolute Gasteiger partial charge is 0.374 e. The molecule has 1 aromatic carbocycles. The Morgan fingerprint density at radius 3 is 2.96 bits per heavy atom.